The van der Waals surface area contributed by atoms with E-state index in [1.807, 2.05) is 0 Å². The lowest BCUT2D eigenvalue weighted by Gasteiger charge is -2.28. The summed E-state index contributed by atoms with van der Waals surface area (Å²) in [5, 5.41) is 12.9. The van der Waals surface area contributed by atoms with E-state index in [0.29, 0.717) is 12.1 Å². The fourth-order valence-electron chi connectivity index (χ4n) is 2.31. The van der Waals surface area contributed by atoms with Crippen LogP contribution in [0.1, 0.15) is 31.2 Å². The molecule has 0 spiro atoms. The predicted molar refractivity (Wildman–Crippen MR) is 61.5 cm³/mol. The molecule has 2 atom stereocenters. The summed E-state index contributed by atoms with van der Waals surface area (Å²) in [7, 11) is 0. The number of hydrogen-bond donors (Lipinski definition) is 2. The summed E-state index contributed by atoms with van der Waals surface area (Å²) in [6.45, 7) is 0.385. The van der Waals surface area contributed by atoms with E-state index < -0.39 is 11.6 Å². The average molecular weight is 241 g/mol. The second kappa shape index (κ2) is 5.56. The van der Waals surface area contributed by atoms with Crippen LogP contribution in [0.5, 0.6) is 0 Å². The molecule has 0 radical (unpaired) electrons. The molecule has 1 saturated carbocycles. The van der Waals surface area contributed by atoms with Crippen LogP contribution >= 0.6 is 0 Å². The Morgan fingerprint density at radius 2 is 1.76 bits per heavy atom. The van der Waals surface area contributed by atoms with Gasteiger partial charge in [0.25, 0.3) is 0 Å². The Kier molecular flexibility index (Phi) is 4.07. The van der Waals surface area contributed by atoms with Gasteiger partial charge in [0.1, 0.15) is 11.6 Å². The van der Waals surface area contributed by atoms with Gasteiger partial charge in [-0.05, 0) is 30.5 Å². The van der Waals surface area contributed by atoms with Crippen molar-refractivity contribution in [3.05, 3.63) is 35.4 Å². The molecule has 2 unspecified atom stereocenters. The highest BCUT2D eigenvalue weighted by atomic mass is 19.1. The fourth-order valence-corrected chi connectivity index (χ4v) is 2.31. The highest BCUT2D eigenvalue weighted by Crippen LogP contribution is 2.19. The molecule has 1 aromatic rings. The normalized spacial score (nSPS) is 24.9. The van der Waals surface area contributed by atoms with Crippen LogP contribution in [0.15, 0.2) is 18.2 Å². The van der Waals surface area contributed by atoms with Crippen molar-refractivity contribution < 1.29 is 13.9 Å². The lowest BCUT2D eigenvalue weighted by Crippen LogP contribution is -2.41. The molecule has 1 aliphatic carbocycles. The fraction of sp³-hybridized carbons (Fsp3) is 0.538. The van der Waals surface area contributed by atoms with Crippen molar-refractivity contribution in [1.29, 1.82) is 0 Å². The predicted octanol–water partition coefficient (Wildman–Crippen LogP) is 2.36. The molecule has 2 N–H and O–H groups in total. The Labute approximate surface area is 99.7 Å². The van der Waals surface area contributed by atoms with Crippen molar-refractivity contribution in [2.45, 2.75) is 44.4 Å². The van der Waals surface area contributed by atoms with Gasteiger partial charge in [0.15, 0.2) is 0 Å². The van der Waals surface area contributed by atoms with Crippen LogP contribution in [0.25, 0.3) is 0 Å². The van der Waals surface area contributed by atoms with Crippen molar-refractivity contribution in [2.75, 3.05) is 0 Å². The Morgan fingerprint density at radius 1 is 1.12 bits per heavy atom. The molecule has 1 fully saturated rings. The Bertz CT molecular complexity index is 363. The van der Waals surface area contributed by atoms with Gasteiger partial charge in [0.2, 0.25) is 0 Å². The van der Waals surface area contributed by atoms with Gasteiger partial charge in [-0.1, -0.05) is 12.8 Å². The number of aliphatic hydroxyl groups is 1. The van der Waals surface area contributed by atoms with Gasteiger partial charge in [0.05, 0.1) is 6.10 Å². The molecule has 0 amide bonds. The lowest BCUT2D eigenvalue weighted by molar-refractivity contribution is 0.0902. The smallest absolute Gasteiger partial charge is 0.126 e. The first-order chi connectivity index (χ1) is 8.15. The summed E-state index contributed by atoms with van der Waals surface area (Å²) in [6, 6.07) is 3.52. The van der Waals surface area contributed by atoms with Gasteiger partial charge in [-0.3, -0.25) is 0 Å². The molecule has 0 aliphatic heterocycles. The van der Waals surface area contributed by atoms with Gasteiger partial charge in [-0.25, -0.2) is 8.78 Å². The van der Waals surface area contributed by atoms with Crippen LogP contribution in [-0.2, 0) is 6.54 Å². The van der Waals surface area contributed by atoms with E-state index in [9.17, 15) is 13.9 Å². The number of hydrogen-bond acceptors (Lipinski definition) is 2. The van der Waals surface area contributed by atoms with Gasteiger partial charge < -0.3 is 10.4 Å². The minimum Gasteiger partial charge on any atom is -0.392 e. The van der Waals surface area contributed by atoms with Crippen LogP contribution < -0.4 is 5.32 Å². The van der Waals surface area contributed by atoms with E-state index >= 15 is 0 Å². The molecule has 1 aromatic carbocycles. The first-order valence-corrected chi connectivity index (χ1v) is 6.01. The molecule has 0 saturated heterocycles. The molecule has 0 aromatic heterocycles. The molecule has 2 rings (SSSR count). The van der Waals surface area contributed by atoms with Crippen LogP contribution in [-0.4, -0.2) is 17.3 Å². The molecule has 0 bridgehead atoms. The van der Waals surface area contributed by atoms with E-state index in [1.165, 1.54) is 12.1 Å². The molecular formula is C13H17F2NO. The third-order valence-corrected chi connectivity index (χ3v) is 3.22. The molecule has 17 heavy (non-hydrogen) atoms. The highest BCUT2D eigenvalue weighted by molar-refractivity contribution is 5.17. The second-order valence-corrected chi connectivity index (χ2v) is 4.62. The summed E-state index contributed by atoms with van der Waals surface area (Å²) in [5.74, 6) is -1.13. The van der Waals surface area contributed by atoms with Gasteiger partial charge in [-0.15, -0.1) is 0 Å². The zero-order valence-corrected chi connectivity index (χ0v) is 9.63. The van der Waals surface area contributed by atoms with E-state index in [1.54, 1.807) is 0 Å². The number of halogens is 2. The summed E-state index contributed by atoms with van der Waals surface area (Å²) in [5.41, 5.74) is 0.570. The zero-order chi connectivity index (χ0) is 12.3. The Morgan fingerprint density at radius 3 is 2.41 bits per heavy atom. The molecule has 4 heteroatoms. The van der Waals surface area contributed by atoms with Gasteiger partial charge in [-0.2, -0.15) is 0 Å². The van der Waals surface area contributed by atoms with Crippen molar-refractivity contribution in [1.82, 2.24) is 5.32 Å². The van der Waals surface area contributed by atoms with Crippen LogP contribution in [0.4, 0.5) is 8.78 Å². The summed E-state index contributed by atoms with van der Waals surface area (Å²) < 4.78 is 25.9. The van der Waals surface area contributed by atoms with Crippen molar-refractivity contribution in [2.24, 2.45) is 0 Å². The topological polar surface area (TPSA) is 32.3 Å². The van der Waals surface area contributed by atoms with E-state index in [0.717, 1.165) is 31.7 Å². The van der Waals surface area contributed by atoms with Gasteiger partial charge >= 0.3 is 0 Å². The standard InChI is InChI=1S/C13H17F2NO/c14-10-5-9(6-11(15)7-10)8-16-12-3-1-2-4-13(12)17/h5-7,12-13,16-17H,1-4,8H2. The molecule has 94 valence electrons. The van der Waals surface area contributed by atoms with E-state index in [4.69, 9.17) is 0 Å². The number of benzene rings is 1. The maximum absolute atomic E-state index is 13.0. The SMILES string of the molecule is OC1CCCCC1NCc1cc(F)cc(F)c1. The maximum Gasteiger partial charge on any atom is 0.126 e. The first-order valence-electron chi connectivity index (χ1n) is 6.01. The summed E-state index contributed by atoms with van der Waals surface area (Å²) >= 11 is 0. The van der Waals surface area contributed by atoms with Crippen molar-refractivity contribution in [3.63, 3.8) is 0 Å². The van der Waals surface area contributed by atoms with Crippen molar-refractivity contribution >= 4 is 0 Å². The maximum atomic E-state index is 13.0. The molecule has 0 heterocycles. The first kappa shape index (κ1) is 12.5. The van der Waals surface area contributed by atoms with Crippen LogP contribution in [0.2, 0.25) is 0 Å². The van der Waals surface area contributed by atoms with E-state index in [-0.39, 0.29) is 12.1 Å². The van der Waals surface area contributed by atoms with Gasteiger partial charge in [0, 0.05) is 18.7 Å². The third kappa shape index (κ3) is 3.48. The second-order valence-electron chi connectivity index (χ2n) is 4.62. The molecule has 2 nitrogen and oxygen atoms in total. The van der Waals surface area contributed by atoms with Crippen LogP contribution in [0.3, 0.4) is 0 Å². The molecular weight excluding hydrogens is 224 g/mol. The van der Waals surface area contributed by atoms with E-state index in [2.05, 4.69) is 5.32 Å². The number of aliphatic hydroxyl groups excluding tert-OH is 1. The zero-order valence-electron chi connectivity index (χ0n) is 9.63. The quantitative estimate of drug-likeness (QED) is 0.851. The average Bonchev–Trinajstić information content (AvgIpc) is 2.27. The van der Waals surface area contributed by atoms with Crippen molar-refractivity contribution in [3.8, 4) is 0 Å². The largest absolute Gasteiger partial charge is 0.392 e. The lowest BCUT2D eigenvalue weighted by atomic mass is 9.92. The minimum absolute atomic E-state index is 0.0371. The summed E-state index contributed by atoms with van der Waals surface area (Å²) in [6.07, 6.45) is 3.51. The monoisotopic (exact) mass is 241 g/mol. The number of rotatable bonds is 3. The Balaban J connectivity index is 1.92. The summed E-state index contributed by atoms with van der Waals surface area (Å²) in [4.78, 5) is 0. The highest BCUT2D eigenvalue weighted by Gasteiger charge is 2.22. The van der Waals surface area contributed by atoms with Crippen LogP contribution in [0, 0.1) is 11.6 Å². The third-order valence-electron chi connectivity index (χ3n) is 3.22. The Hall–Kier alpha value is -1.00. The minimum atomic E-state index is -0.564. The molecule has 1 aliphatic rings. The number of nitrogens with one attached hydrogen (secondary N) is 1.